The Bertz CT molecular complexity index is 1140. The summed E-state index contributed by atoms with van der Waals surface area (Å²) in [7, 11) is 0. The van der Waals surface area contributed by atoms with Crippen LogP contribution in [0.15, 0.2) is 69.9 Å². The Morgan fingerprint density at radius 1 is 0.973 bits per heavy atom. The molecule has 2 N–H and O–H groups in total. The van der Waals surface area contributed by atoms with Crippen molar-refractivity contribution in [3.63, 3.8) is 0 Å². The first-order chi connectivity index (χ1) is 18.0. The van der Waals surface area contributed by atoms with Gasteiger partial charge >= 0.3 is 0 Å². The van der Waals surface area contributed by atoms with Gasteiger partial charge in [-0.3, -0.25) is 19.3 Å². The van der Waals surface area contributed by atoms with Crippen LogP contribution in [0, 0.1) is 6.92 Å². The SMILES string of the molecule is Cc1ccc([C@@H](C(=O)NCc2ccco2)N(CCN2CCOCC2)C(=O)CNC(=O)c2ccco2)cc1. The summed E-state index contributed by atoms with van der Waals surface area (Å²) in [4.78, 5) is 43.2. The van der Waals surface area contributed by atoms with Gasteiger partial charge in [0.15, 0.2) is 5.76 Å². The number of hydrogen-bond acceptors (Lipinski definition) is 7. The molecule has 1 aliphatic rings. The fourth-order valence-corrected chi connectivity index (χ4v) is 4.13. The van der Waals surface area contributed by atoms with Crippen molar-refractivity contribution in [2.24, 2.45) is 0 Å². The van der Waals surface area contributed by atoms with Crippen molar-refractivity contribution in [1.29, 1.82) is 0 Å². The summed E-state index contributed by atoms with van der Waals surface area (Å²) in [5.41, 5.74) is 1.71. The third kappa shape index (κ3) is 7.31. The molecular weight excluding hydrogens is 476 g/mol. The van der Waals surface area contributed by atoms with Gasteiger partial charge in [-0.1, -0.05) is 29.8 Å². The smallest absolute Gasteiger partial charge is 0.287 e. The zero-order valence-corrected chi connectivity index (χ0v) is 20.9. The lowest BCUT2D eigenvalue weighted by Gasteiger charge is -2.34. The minimum Gasteiger partial charge on any atom is -0.467 e. The molecule has 196 valence electrons. The van der Waals surface area contributed by atoms with Crippen molar-refractivity contribution in [1.82, 2.24) is 20.4 Å². The van der Waals surface area contributed by atoms with E-state index in [0.717, 1.165) is 18.7 Å². The van der Waals surface area contributed by atoms with Crippen LogP contribution in [0.5, 0.6) is 0 Å². The minimum absolute atomic E-state index is 0.110. The van der Waals surface area contributed by atoms with Crippen molar-refractivity contribution in [2.75, 3.05) is 45.9 Å². The molecule has 0 radical (unpaired) electrons. The Kier molecular flexibility index (Phi) is 9.12. The molecule has 1 fully saturated rings. The summed E-state index contributed by atoms with van der Waals surface area (Å²) in [6.07, 6.45) is 2.93. The average molecular weight is 509 g/mol. The van der Waals surface area contributed by atoms with E-state index in [-0.39, 0.29) is 30.7 Å². The minimum atomic E-state index is -0.899. The van der Waals surface area contributed by atoms with E-state index in [4.69, 9.17) is 13.6 Å². The highest BCUT2D eigenvalue weighted by Crippen LogP contribution is 2.23. The van der Waals surface area contributed by atoms with E-state index >= 15 is 0 Å². The molecule has 3 heterocycles. The first kappa shape index (κ1) is 26.2. The number of carbonyl (C=O) groups excluding carboxylic acids is 3. The molecule has 0 aliphatic carbocycles. The van der Waals surface area contributed by atoms with Crippen LogP contribution in [0.25, 0.3) is 0 Å². The predicted octanol–water partition coefficient (Wildman–Crippen LogP) is 2.13. The quantitative estimate of drug-likeness (QED) is 0.408. The molecule has 0 bridgehead atoms. The summed E-state index contributed by atoms with van der Waals surface area (Å²) < 4.78 is 15.9. The number of ether oxygens (including phenoxy) is 1. The molecule has 1 atom stereocenters. The number of rotatable bonds is 11. The van der Waals surface area contributed by atoms with E-state index in [1.165, 1.54) is 17.2 Å². The number of morpholine rings is 1. The Balaban J connectivity index is 1.55. The number of amides is 3. The van der Waals surface area contributed by atoms with Gasteiger partial charge in [-0.2, -0.15) is 0 Å². The maximum atomic E-state index is 13.6. The number of nitrogens with one attached hydrogen (secondary N) is 2. The highest BCUT2D eigenvalue weighted by atomic mass is 16.5. The topological polar surface area (TPSA) is 117 Å². The van der Waals surface area contributed by atoms with Gasteiger partial charge in [-0.05, 0) is 36.8 Å². The number of carbonyl (C=O) groups is 3. The molecule has 3 aromatic rings. The van der Waals surface area contributed by atoms with Crippen LogP contribution < -0.4 is 10.6 Å². The van der Waals surface area contributed by atoms with Gasteiger partial charge in [0.25, 0.3) is 5.91 Å². The maximum absolute atomic E-state index is 13.6. The highest BCUT2D eigenvalue weighted by molar-refractivity contribution is 5.95. The summed E-state index contributed by atoms with van der Waals surface area (Å²) >= 11 is 0. The molecule has 0 spiro atoms. The molecule has 37 heavy (non-hydrogen) atoms. The summed E-state index contributed by atoms with van der Waals surface area (Å²) in [6.45, 7) is 5.47. The van der Waals surface area contributed by atoms with Crippen LogP contribution in [0.4, 0.5) is 0 Å². The second kappa shape index (κ2) is 12.9. The number of furan rings is 2. The van der Waals surface area contributed by atoms with Gasteiger partial charge < -0.3 is 29.1 Å². The second-order valence-electron chi connectivity index (χ2n) is 8.81. The molecule has 3 amide bonds. The van der Waals surface area contributed by atoms with E-state index in [0.29, 0.717) is 37.6 Å². The van der Waals surface area contributed by atoms with Crippen LogP contribution in [0.3, 0.4) is 0 Å². The summed E-state index contributed by atoms with van der Waals surface area (Å²) in [5.74, 6) is -0.507. The Morgan fingerprint density at radius 3 is 2.38 bits per heavy atom. The summed E-state index contributed by atoms with van der Waals surface area (Å²) in [5, 5.41) is 5.50. The molecule has 0 unspecified atom stereocenters. The number of aryl methyl sites for hydroxylation is 1. The van der Waals surface area contributed by atoms with Crippen molar-refractivity contribution in [3.8, 4) is 0 Å². The zero-order chi connectivity index (χ0) is 26.0. The van der Waals surface area contributed by atoms with Crippen molar-refractivity contribution in [2.45, 2.75) is 19.5 Å². The molecular formula is C27H32N4O6. The van der Waals surface area contributed by atoms with Crippen LogP contribution in [0.1, 0.15) is 33.5 Å². The largest absolute Gasteiger partial charge is 0.467 e. The van der Waals surface area contributed by atoms with Crippen LogP contribution >= 0.6 is 0 Å². The van der Waals surface area contributed by atoms with E-state index in [2.05, 4.69) is 15.5 Å². The highest BCUT2D eigenvalue weighted by Gasteiger charge is 2.32. The Hall–Kier alpha value is -3.89. The third-order valence-electron chi connectivity index (χ3n) is 6.20. The fraction of sp³-hybridized carbons (Fsp3) is 0.370. The predicted molar refractivity (Wildman–Crippen MR) is 134 cm³/mol. The molecule has 2 aromatic heterocycles. The normalized spacial score (nSPS) is 14.6. The van der Waals surface area contributed by atoms with Crippen LogP contribution in [0.2, 0.25) is 0 Å². The molecule has 1 aliphatic heterocycles. The molecule has 10 heteroatoms. The Labute approximate surface area is 215 Å². The lowest BCUT2D eigenvalue weighted by Crippen LogP contribution is -2.50. The second-order valence-corrected chi connectivity index (χ2v) is 8.81. The molecule has 0 saturated carbocycles. The lowest BCUT2D eigenvalue weighted by atomic mass is 10.0. The monoisotopic (exact) mass is 508 g/mol. The Morgan fingerprint density at radius 2 is 1.70 bits per heavy atom. The van der Waals surface area contributed by atoms with Crippen molar-refractivity contribution in [3.05, 3.63) is 83.7 Å². The zero-order valence-electron chi connectivity index (χ0n) is 20.9. The van der Waals surface area contributed by atoms with E-state index in [1.807, 2.05) is 31.2 Å². The van der Waals surface area contributed by atoms with Gasteiger partial charge in [-0.25, -0.2) is 0 Å². The number of hydrogen-bond donors (Lipinski definition) is 2. The molecule has 10 nitrogen and oxygen atoms in total. The van der Waals surface area contributed by atoms with Gasteiger partial charge in [0.2, 0.25) is 11.8 Å². The van der Waals surface area contributed by atoms with E-state index in [1.54, 1.807) is 24.5 Å². The van der Waals surface area contributed by atoms with Gasteiger partial charge in [0.05, 0.1) is 38.8 Å². The van der Waals surface area contributed by atoms with Crippen LogP contribution in [-0.2, 0) is 20.9 Å². The first-order valence-corrected chi connectivity index (χ1v) is 12.3. The molecule has 4 rings (SSSR count). The third-order valence-corrected chi connectivity index (χ3v) is 6.20. The standard InChI is InChI=1S/C27H32N4O6/c1-20-6-8-21(9-7-20)25(27(34)28-18-22-4-2-14-36-22)31(11-10-30-12-16-35-17-13-30)24(32)19-29-26(33)23-5-3-15-37-23/h2-9,14-15,25H,10-13,16-19H2,1H3,(H,28,34)(H,29,33)/t25-/m0/s1. The molecule has 1 aromatic carbocycles. The van der Waals surface area contributed by atoms with Crippen molar-refractivity contribution >= 4 is 17.7 Å². The van der Waals surface area contributed by atoms with Crippen molar-refractivity contribution < 1.29 is 28.0 Å². The fourth-order valence-electron chi connectivity index (χ4n) is 4.13. The van der Waals surface area contributed by atoms with Gasteiger partial charge in [0.1, 0.15) is 11.8 Å². The molecule has 1 saturated heterocycles. The first-order valence-electron chi connectivity index (χ1n) is 12.3. The number of benzene rings is 1. The van der Waals surface area contributed by atoms with Gasteiger partial charge in [-0.15, -0.1) is 0 Å². The van der Waals surface area contributed by atoms with Crippen LogP contribution in [-0.4, -0.2) is 73.5 Å². The average Bonchev–Trinajstić information content (AvgIpc) is 3.64. The van der Waals surface area contributed by atoms with E-state index < -0.39 is 11.9 Å². The lowest BCUT2D eigenvalue weighted by molar-refractivity contribution is -0.140. The van der Waals surface area contributed by atoms with E-state index in [9.17, 15) is 14.4 Å². The summed E-state index contributed by atoms with van der Waals surface area (Å²) in [6, 6.07) is 13.3. The van der Waals surface area contributed by atoms with Gasteiger partial charge in [0, 0.05) is 26.2 Å². The number of nitrogens with zero attached hydrogens (tertiary/aromatic N) is 2. The maximum Gasteiger partial charge on any atom is 0.287 e.